The van der Waals surface area contributed by atoms with E-state index in [1.807, 2.05) is 24.0 Å². The molecule has 0 aliphatic carbocycles. The van der Waals surface area contributed by atoms with E-state index in [0.29, 0.717) is 18.2 Å². The molecule has 1 aliphatic heterocycles. The van der Waals surface area contributed by atoms with Gasteiger partial charge in [0.1, 0.15) is 5.69 Å². The topological polar surface area (TPSA) is 71.0 Å². The van der Waals surface area contributed by atoms with Crippen LogP contribution in [-0.4, -0.2) is 44.9 Å². The summed E-state index contributed by atoms with van der Waals surface area (Å²) in [6.07, 6.45) is 4.26. The number of aryl methyl sites for hydroxylation is 1. The Bertz CT molecular complexity index is 631. The molecule has 21 heavy (non-hydrogen) atoms. The van der Waals surface area contributed by atoms with Gasteiger partial charge in [0.15, 0.2) is 0 Å². The first-order valence-corrected chi connectivity index (χ1v) is 6.99. The smallest absolute Gasteiger partial charge is 0.272 e. The Hall–Kier alpha value is -2.50. The Kier molecular flexibility index (Phi) is 3.77. The largest absolute Gasteiger partial charge is 0.350 e. The third kappa shape index (κ3) is 3.16. The average Bonchev–Trinajstić information content (AvgIpc) is 2.96. The molecule has 1 N–H and O–H groups in total. The molecule has 3 rings (SSSR count). The van der Waals surface area contributed by atoms with Crippen LogP contribution >= 0.6 is 0 Å². The van der Waals surface area contributed by atoms with Crippen LogP contribution in [0.25, 0.3) is 0 Å². The number of nitrogens with one attached hydrogen (secondary N) is 1. The van der Waals surface area contributed by atoms with E-state index in [-0.39, 0.29) is 11.9 Å². The van der Waals surface area contributed by atoms with Crippen LogP contribution in [0.3, 0.4) is 0 Å². The van der Waals surface area contributed by atoms with Gasteiger partial charge in [-0.05, 0) is 31.5 Å². The first kappa shape index (κ1) is 13.5. The molecule has 0 radical (unpaired) electrons. The Morgan fingerprint density at radius 2 is 2.19 bits per heavy atom. The minimum atomic E-state index is -0.0231. The zero-order valence-electron chi connectivity index (χ0n) is 11.9. The van der Waals surface area contributed by atoms with E-state index in [1.165, 1.54) is 0 Å². The number of carbonyl (C=O) groups excluding carboxylic acids is 1. The third-order valence-corrected chi connectivity index (χ3v) is 3.49. The van der Waals surface area contributed by atoms with Gasteiger partial charge < -0.3 is 10.2 Å². The SMILES string of the molecule is Cc1ccnc(NC2CCN(C(=O)c3ccccn3)C2)n1. The van der Waals surface area contributed by atoms with Crippen molar-refractivity contribution in [1.29, 1.82) is 0 Å². The second-order valence-corrected chi connectivity index (χ2v) is 5.12. The summed E-state index contributed by atoms with van der Waals surface area (Å²) in [6.45, 7) is 3.30. The van der Waals surface area contributed by atoms with E-state index in [1.54, 1.807) is 24.5 Å². The van der Waals surface area contributed by atoms with Crippen LogP contribution in [0.4, 0.5) is 5.95 Å². The van der Waals surface area contributed by atoms with Crippen molar-refractivity contribution in [3.8, 4) is 0 Å². The van der Waals surface area contributed by atoms with E-state index >= 15 is 0 Å². The molecule has 1 atom stereocenters. The van der Waals surface area contributed by atoms with Crippen LogP contribution in [0.2, 0.25) is 0 Å². The van der Waals surface area contributed by atoms with Crippen LogP contribution < -0.4 is 5.32 Å². The van der Waals surface area contributed by atoms with Gasteiger partial charge in [-0.3, -0.25) is 9.78 Å². The number of hydrogen-bond acceptors (Lipinski definition) is 5. The van der Waals surface area contributed by atoms with Crippen molar-refractivity contribution in [2.24, 2.45) is 0 Å². The molecular formula is C15H17N5O. The Balaban J connectivity index is 1.62. The maximum Gasteiger partial charge on any atom is 0.272 e. The van der Waals surface area contributed by atoms with E-state index < -0.39 is 0 Å². The average molecular weight is 283 g/mol. The molecule has 0 bridgehead atoms. The molecular weight excluding hydrogens is 266 g/mol. The van der Waals surface area contributed by atoms with Crippen LogP contribution in [-0.2, 0) is 0 Å². The Labute approximate surface area is 123 Å². The van der Waals surface area contributed by atoms with Crippen LogP contribution in [0.15, 0.2) is 36.7 Å². The third-order valence-electron chi connectivity index (χ3n) is 3.49. The normalized spacial score (nSPS) is 17.8. The Morgan fingerprint density at radius 1 is 1.29 bits per heavy atom. The highest BCUT2D eigenvalue weighted by Gasteiger charge is 2.27. The highest BCUT2D eigenvalue weighted by atomic mass is 16.2. The molecule has 6 heteroatoms. The first-order chi connectivity index (χ1) is 10.2. The maximum atomic E-state index is 12.3. The molecule has 1 saturated heterocycles. The van der Waals surface area contributed by atoms with Crippen molar-refractivity contribution in [2.45, 2.75) is 19.4 Å². The number of rotatable bonds is 3. The summed E-state index contributed by atoms with van der Waals surface area (Å²) in [5.74, 6) is 0.595. The van der Waals surface area contributed by atoms with Crippen molar-refractivity contribution < 1.29 is 4.79 Å². The van der Waals surface area contributed by atoms with Gasteiger partial charge in [0, 0.05) is 37.2 Å². The predicted octanol–water partition coefficient (Wildman–Crippen LogP) is 1.51. The number of likely N-dealkylation sites (tertiary alicyclic amines) is 1. The van der Waals surface area contributed by atoms with E-state index in [9.17, 15) is 4.79 Å². The fourth-order valence-corrected chi connectivity index (χ4v) is 2.41. The summed E-state index contributed by atoms with van der Waals surface area (Å²) in [5, 5.41) is 3.28. The summed E-state index contributed by atoms with van der Waals surface area (Å²) in [7, 11) is 0. The summed E-state index contributed by atoms with van der Waals surface area (Å²) in [5.41, 5.74) is 1.41. The van der Waals surface area contributed by atoms with Crippen molar-refractivity contribution in [3.63, 3.8) is 0 Å². The number of aromatic nitrogens is 3. The molecule has 2 aromatic rings. The van der Waals surface area contributed by atoms with Gasteiger partial charge in [-0.2, -0.15) is 0 Å². The van der Waals surface area contributed by atoms with Gasteiger partial charge in [-0.15, -0.1) is 0 Å². The second-order valence-electron chi connectivity index (χ2n) is 5.12. The van der Waals surface area contributed by atoms with Crippen molar-refractivity contribution in [1.82, 2.24) is 19.9 Å². The van der Waals surface area contributed by atoms with E-state index in [2.05, 4.69) is 20.3 Å². The highest BCUT2D eigenvalue weighted by Crippen LogP contribution is 2.15. The summed E-state index contributed by atoms with van der Waals surface area (Å²) >= 11 is 0. The number of carbonyl (C=O) groups is 1. The molecule has 1 fully saturated rings. The molecule has 1 amide bonds. The van der Waals surface area contributed by atoms with Crippen LogP contribution in [0.5, 0.6) is 0 Å². The fraction of sp³-hybridized carbons (Fsp3) is 0.333. The standard InChI is InChI=1S/C15H17N5O/c1-11-5-8-17-15(18-11)19-12-6-9-20(10-12)14(21)13-4-2-3-7-16-13/h2-5,7-8,12H,6,9-10H2,1H3,(H,17,18,19). The fourth-order valence-electron chi connectivity index (χ4n) is 2.41. The van der Waals surface area contributed by atoms with E-state index in [4.69, 9.17) is 0 Å². The zero-order chi connectivity index (χ0) is 14.7. The van der Waals surface area contributed by atoms with Crippen LogP contribution in [0, 0.1) is 6.92 Å². The van der Waals surface area contributed by atoms with Crippen molar-refractivity contribution in [2.75, 3.05) is 18.4 Å². The number of amides is 1. The molecule has 108 valence electrons. The maximum absolute atomic E-state index is 12.3. The van der Waals surface area contributed by atoms with Crippen LogP contribution in [0.1, 0.15) is 22.6 Å². The predicted molar refractivity (Wildman–Crippen MR) is 78.9 cm³/mol. The molecule has 0 spiro atoms. The molecule has 2 aromatic heterocycles. The number of anilines is 1. The molecule has 1 aliphatic rings. The number of nitrogens with zero attached hydrogens (tertiary/aromatic N) is 4. The molecule has 3 heterocycles. The summed E-state index contributed by atoms with van der Waals surface area (Å²) < 4.78 is 0. The molecule has 0 aromatic carbocycles. The Morgan fingerprint density at radius 3 is 2.95 bits per heavy atom. The number of pyridine rings is 1. The first-order valence-electron chi connectivity index (χ1n) is 6.99. The minimum Gasteiger partial charge on any atom is -0.350 e. The highest BCUT2D eigenvalue weighted by molar-refractivity contribution is 5.92. The van der Waals surface area contributed by atoms with Gasteiger partial charge in [-0.1, -0.05) is 6.07 Å². The van der Waals surface area contributed by atoms with Gasteiger partial charge in [0.2, 0.25) is 5.95 Å². The second kappa shape index (κ2) is 5.87. The lowest BCUT2D eigenvalue weighted by atomic mass is 10.3. The summed E-state index contributed by atoms with van der Waals surface area (Å²) in [6, 6.07) is 7.41. The monoisotopic (exact) mass is 283 g/mol. The lowest BCUT2D eigenvalue weighted by Crippen LogP contribution is -2.32. The van der Waals surface area contributed by atoms with Gasteiger partial charge in [-0.25, -0.2) is 9.97 Å². The minimum absolute atomic E-state index is 0.0231. The summed E-state index contributed by atoms with van der Waals surface area (Å²) in [4.78, 5) is 26.7. The zero-order valence-corrected chi connectivity index (χ0v) is 11.9. The quantitative estimate of drug-likeness (QED) is 0.924. The molecule has 6 nitrogen and oxygen atoms in total. The lowest BCUT2D eigenvalue weighted by Gasteiger charge is -2.16. The van der Waals surface area contributed by atoms with Crippen molar-refractivity contribution in [3.05, 3.63) is 48.0 Å². The molecule has 0 saturated carbocycles. The van der Waals surface area contributed by atoms with Gasteiger partial charge in [0.05, 0.1) is 0 Å². The van der Waals surface area contributed by atoms with Gasteiger partial charge >= 0.3 is 0 Å². The number of hydrogen-bond donors (Lipinski definition) is 1. The van der Waals surface area contributed by atoms with Gasteiger partial charge in [0.25, 0.3) is 5.91 Å². The van der Waals surface area contributed by atoms with E-state index in [0.717, 1.165) is 18.7 Å². The van der Waals surface area contributed by atoms with Crippen molar-refractivity contribution >= 4 is 11.9 Å². The lowest BCUT2D eigenvalue weighted by molar-refractivity contribution is 0.0786. The molecule has 1 unspecified atom stereocenters.